The molecule has 130 valence electrons. The predicted octanol–water partition coefficient (Wildman–Crippen LogP) is 1.16. The van der Waals surface area contributed by atoms with Crippen LogP contribution in [-0.2, 0) is 16.6 Å². The Bertz CT molecular complexity index is 713. The minimum atomic E-state index is -0.142. The van der Waals surface area contributed by atoms with Crippen molar-refractivity contribution < 1.29 is 14.3 Å². The Labute approximate surface area is 149 Å². The van der Waals surface area contributed by atoms with Gasteiger partial charge in [-0.05, 0) is 18.2 Å². The van der Waals surface area contributed by atoms with Gasteiger partial charge in [0.05, 0.1) is 24.1 Å². The first kappa shape index (κ1) is 17.2. The van der Waals surface area contributed by atoms with Crippen LogP contribution in [0.15, 0.2) is 22.7 Å². The topological polar surface area (TPSA) is 68.6 Å². The van der Waals surface area contributed by atoms with Crippen LogP contribution >= 0.6 is 15.9 Å². The fourth-order valence-electron chi connectivity index (χ4n) is 2.68. The molecule has 1 saturated heterocycles. The van der Waals surface area contributed by atoms with Gasteiger partial charge in [0.2, 0.25) is 5.88 Å². The van der Waals surface area contributed by atoms with Crippen LogP contribution in [-0.4, -0.2) is 66.6 Å². The van der Waals surface area contributed by atoms with Crippen LogP contribution in [0.2, 0.25) is 0 Å². The Hall–Kier alpha value is -1.64. The highest BCUT2D eigenvalue weighted by Crippen LogP contribution is 2.27. The van der Waals surface area contributed by atoms with Gasteiger partial charge < -0.3 is 14.8 Å². The number of hydrogen-bond donors (Lipinski definition) is 1. The zero-order valence-corrected chi connectivity index (χ0v) is 15.2. The zero-order valence-electron chi connectivity index (χ0n) is 13.6. The number of amides is 1. The summed E-state index contributed by atoms with van der Waals surface area (Å²) >= 11 is 3.44. The molecule has 1 aliphatic rings. The third-order valence-electron chi connectivity index (χ3n) is 3.97. The molecule has 0 spiro atoms. The predicted molar refractivity (Wildman–Crippen MR) is 94.2 cm³/mol. The van der Waals surface area contributed by atoms with E-state index in [1.807, 2.05) is 25.2 Å². The molecule has 1 aromatic carbocycles. The molecule has 8 heteroatoms. The number of fused-ring (bicyclic) bond motifs is 1. The van der Waals surface area contributed by atoms with E-state index in [9.17, 15) is 4.79 Å². The van der Waals surface area contributed by atoms with Crippen molar-refractivity contribution >= 4 is 32.7 Å². The van der Waals surface area contributed by atoms with Crippen LogP contribution in [0.1, 0.15) is 0 Å². The number of nitrogens with one attached hydrogen (secondary N) is 1. The Morgan fingerprint density at radius 1 is 1.42 bits per heavy atom. The van der Waals surface area contributed by atoms with Gasteiger partial charge in [0.1, 0.15) is 0 Å². The molecule has 2 aromatic rings. The van der Waals surface area contributed by atoms with Crippen molar-refractivity contribution in [3.63, 3.8) is 0 Å². The highest BCUT2D eigenvalue weighted by molar-refractivity contribution is 9.10. The van der Waals surface area contributed by atoms with Crippen LogP contribution in [0.25, 0.3) is 10.9 Å². The number of carbonyl (C=O) groups is 1. The monoisotopic (exact) mass is 396 g/mol. The second-order valence-electron chi connectivity index (χ2n) is 5.68. The van der Waals surface area contributed by atoms with Gasteiger partial charge in [-0.15, -0.1) is 5.10 Å². The quantitative estimate of drug-likeness (QED) is 0.793. The van der Waals surface area contributed by atoms with Crippen molar-refractivity contribution in [1.82, 2.24) is 20.0 Å². The van der Waals surface area contributed by atoms with Gasteiger partial charge in [-0.25, -0.2) is 0 Å². The van der Waals surface area contributed by atoms with Crippen molar-refractivity contribution in [1.29, 1.82) is 0 Å². The Morgan fingerprint density at radius 2 is 2.21 bits per heavy atom. The smallest absolute Gasteiger partial charge is 0.258 e. The second kappa shape index (κ2) is 7.96. The summed E-state index contributed by atoms with van der Waals surface area (Å²) in [4.78, 5) is 14.2. The van der Waals surface area contributed by atoms with E-state index in [1.165, 1.54) is 0 Å². The SMILES string of the molecule is Cn1nc(OCC(=O)NCCN2CCOCC2)c2cc(Br)ccc21. The van der Waals surface area contributed by atoms with Crippen molar-refractivity contribution in [3.8, 4) is 5.88 Å². The van der Waals surface area contributed by atoms with Gasteiger partial charge in [-0.2, -0.15) is 0 Å². The first-order chi connectivity index (χ1) is 11.6. The number of aromatic nitrogens is 2. The second-order valence-corrected chi connectivity index (χ2v) is 6.60. The van der Waals surface area contributed by atoms with Gasteiger partial charge in [-0.1, -0.05) is 15.9 Å². The van der Waals surface area contributed by atoms with Crippen molar-refractivity contribution in [2.75, 3.05) is 46.0 Å². The van der Waals surface area contributed by atoms with Crippen LogP contribution in [0.5, 0.6) is 5.88 Å². The van der Waals surface area contributed by atoms with Crippen LogP contribution in [0.3, 0.4) is 0 Å². The lowest BCUT2D eigenvalue weighted by Crippen LogP contribution is -2.42. The Kier molecular flexibility index (Phi) is 5.70. The number of ether oxygens (including phenoxy) is 2. The fraction of sp³-hybridized carbons (Fsp3) is 0.500. The van der Waals surface area contributed by atoms with Crippen LogP contribution in [0, 0.1) is 0 Å². The summed E-state index contributed by atoms with van der Waals surface area (Å²) in [7, 11) is 1.85. The van der Waals surface area contributed by atoms with Crippen LogP contribution in [0.4, 0.5) is 0 Å². The van der Waals surface area contributed by atoms with Crippen LogP contribution < -0.4 is 10.1 Å². The normalized spacial score (nSPS) is 15.6. The maximum Gasteiger partial charge on any atom is 0.258 e. The zero-order chi connectivity index (χ0) is 16.9. The van der Waals surface area contributed by atoms with Gasteiger partial charge in [0.25, 0.3) is 5.91 Å². The number of morpholine rings is 1. The summed E-state index contributed by atoms with van der Waals surface area (Å²) in [6.07, 6.45) is 0. The molecule has 3 rings (SSSR count). The minimum Gasteiger partial charge on any atom is -0.466 e. The van der Waals surface area contributed by atoms with E-state index in [-0.39, 0.29) is 12.5 Å². The van der Waals surface area contributed by atoms with Gasteiger partial charge in [-0.3, -0.25) is 14.4 Å². The van der Waals surface area contributed by atoms with E-state index in [4.69, 9.17) is 9.47 Å². The highest BCUT2D eigenvalue weighted by Gasteiger charge is 2.13. The average Bonchev–Trinajstić information content (AvgIpc) is 2.89. The van der Waals surface area contributed by atoms with E-state index in [0.29, 0.717) is 12.4 Å². The van der Waals surface area contributed by atoms with Crippen molar-refractivity contribution in [2.24, 2.45) is 7.05 Å². The number of carbonyl (C=O) groups excluding carboxylic acids is 1. The molecule has 1 fully saturated rings. The summed E-state index contributed by atoms with van der Waals surface area (Å²) in [5.74, 6) is 0.328. The fourth-order valence-corrected chi connectivity index (χ4v) is 3.04. The molecule has 2 heterocycles. The molecule has 1 aromatic heterocycles. The molecule has 7 nitrogen and oxygen atoms in total. The van der Waals surface area contributed by atoms with Gasteiger partial charge in [0.15, 0.2) is 6.61 Å². The van der Waals surface area contributed by atoms with Crippen molar-refractivity contribution in [3.05, 3.63) is 22.7 Å². The molecule has 1 aliphatic heterocycles. The molecule has 1 amide bonds. The minimum absolute atomic E-state index is 0.0399. The summed E-state index contributed by atoms with van der Waals surface area (Å²) in [6.45, 7) is 4.76. The third kappa shape index (κ3) is 4.25. The molecule has 0 saturated carbocycles. The lowest BCUT2D eigenvalue weighted by molar-refractivity contribution is -0.123. The van der Waals surface area contributed by atoms with Gasteiger partial charge in [0, 0.05) is 37.7 Å². The number of aryl methyl sites for hydroxylation is 1. The highest BCUT2D eigenvalue weighted by atomic mass is 79.9. The number of benzene rings is 1. The average molecular weight is 397 g/mol. The Balaban J connectivity index is 1.48. The standard InChI is InChI=1S/C16H21BrN4O3/c1-20-14-3-2-12(17)10-13(14)16(19-20)24-11-15(22)18-4-5-21-6-8-23-9-7-21/h2-3,10H,4-9,11H2,1H3,(H,18,22). The molecular weight excluding hydrogens is 376 g/mol. The van der Waals surface area contributed by atoms with E-state index in [1.54, 1.807) is 4.68 Å². The van der Waals surface area contributed by atoms with E-state index >= 15 is 0 Å². The van der Waals surface area contributed by atoms with E-state index in [2.05, 4.69) is 31.2 Å². The van der Waals surface area contributed by atoms with Gasteiger partial charge >= 0.3 is 0 Å². The molecule has 1 N–H and O–H groups in total. The number of hydrogen-bond acceptors (Lipinski definition) is 5. The molecule has 24 heavy (non-hydrogen) atoms. The molecule has 0 radical (unpaired) electrons. The third-order valence-corrected chi connectivity index (χ3v) is 4.47. The summed E-state index contributed by atoms with van der Waals surface area (Å²) in [5.41, 5.74) is 0.959. The summed E-state index contributed by atoms with van der Waals surface area (Å²) in [5, 5.41) is 8.09. The molecule has 0 unspecified atom stereocenters. The maximum absolute atomic E-state index is 11.9. The summed E-state index contributed by atoms with van der Waals surface area (Å²) in [6, 6.07) is 5.85. The molecular formula is C16H21BrN4O3. The van der Waals surface area contributed by atoms with Crippen molar-refractivity contribution in [2.45, 2.75) is 0 Å². The maximum atomic E-state index is 11.9. The lowest BCUT2D eigenvalue weighted by atomic mass is 10.2. The summed E-state index contributed by atoms with van der Waals surface area (Å²) < 4.78 is 13.6. The number of halogens is 1. The molecule has 0 bridgehead atoms. The largest absolute Gasteiger partial charge is 0.466 e. The lowest BCUT2D eigenvalue weighted by Gasteiger charge is -2.26. The first-order valence-electron chi connectivity index (χ1n) is 7.95. The first-order valence-corrected chi connectivity index (χ1v) is 8.74. The van der Waals surface area contributed by atoms with E-state index in [0.717, 1.165) is 48.2 Å². The number of nitrogens with zero attached hydrogens (tertiary/aromatic N) is 3. The van der Waals surface area contributed by atoms with E-state index < -0.39 is 0 Å². The Morgan fingerprint density at radius 3 is 3.00 bits per heavy atom. The molecule has 0 atom stereocenters. The molecule has 0 aliphatic carbocycles. The number of rotatable bonds is 6.